The van der Waals surface area contributed by atoms with Crippen LogP contribution in [0, 0.1) is 39.4 Å². The molecule has 4 rings (SSSR count). The number of aliphatic hydroxyl groups excluding tert-OH is 1. The molecule has 0 aromatic heterocycles. The lowest BCUT2D eigenvalue weighted by molar-refractivity contribution is -0.184. The van der Waals surface area contributed by atoms with Gasteiger partial charge in [-0.15, -0.1) is 0 Å². The minimum atomic E-state index is -1.60. The van der Waals surface area contributed by atoms with E-state index in [1.54, 1.807) is 0 Å². The largest absolute Gasteiger partial charge is 0.506 e. The zero-order valence-electron chi connectivity index (χ0n) is 27.9. The van der Waals surface area contributed by atoms with Crippen LogP contribution in [-0.2, 0) is 14.4 Å². The fourth-order valence-electron chi connectivity index (χ4n) is 9.02. The SMILES string of the molecule is C=C(C)[C@H]1CC[C@H]([C@@]23C[C@@H](CC=C(C)C)C(C)(C)[C@@](CC=C(C)C)(C(=O)C(=C(O)c4ccc(O)c(O)c4)C2=O)C3=O)C1(C)C. The molecule has 0 saturated heterocycles. The second kappa shape index (κ2) is 11.2. The predicted octanol–water partition coefficient (Wildman–Crippen LogP) is 8.45. The van der Waals surface area contributed by atoms with Gasteiger partial charge in [0.05, 0.1) is 5.41 Å². The summed E-state index contributed by atoms with van der Waals surface area (Å²) in [6, 6.07) is 3.70. The highest BCUT2D eigenvalue weighted by Crippen LogP contribution is 2.70. The Morgan fingerprint density at radius 3 is 2.05 bits per heavy atom. The van der Waals surface area contributed by atoms with E-state index in [4.69, 9.17) is 0 Å². The lowest BCUT2D eigenvalue weighted by Gasteiger charge is -2.63. The standard InChI is InChI=1S/C38H50O6/c1-21(2)11-13-25-20-37(29-16-14-26(23(5)6)35(29,7)8)32(42)30(31(41)24-12-15-27(39)28(40)19-24)33(43)38(34(37)44,36(25,9)10)18-17-22(3)4/h11-12,15,17,19,25-26,29,39-41H,5,13-14,16,18,20H2,1-4,6-10H3/t25-,26-,29+,37+,38+/m1/s1. The molecule has 1 aromatic rings. The number of phenols is 2. The monoisotopic (exact) mass is 602 g/mol. The third-order valence-corrected chi connectivity index (χ3v) is 11.6. The van der Waals surface area contributed by atoms with Gasteiger partial charge in [0, 0.05) is 5.56 Å². The summed E-state index contributed by atoms with van der Waals surface area (Å²) in [5.74, 6) is -3.49. The second-order valence-corrected chi connectivity index (χ2v) is 15.3. The predicted molar refractivity (Wildman–Crippen MR) is 174 cm³/mol. The van der Waals surface area contributed by atoms with E-state index in [-0.39, 0.29) is 47.5 Å². The van der Waals surface area contributed by atoms with E-state index in [2.05, 4.69) is 26.5 Å². The van der Waals surface area contributed by atoms with E-state index >= 15 is 14.4 Å². The van der Waals surface area contributed by atoms with Crippen molar-refractivity contribution in [1.29, 1.82) is 0 Å². The van der Waals surface area contributed by atoms with Gasteiger partial charge >= 0.3 is 0 Å². The summed E-state index contributed by atoms with van der Waals surface area (Å²) in [6.45, 7) is 22.3. The molecule has 0 radical (unpaired) electrons. The number of aromatic hydroxyl groups is 2. The van der Waals surface area contributed by atoms with Crippen molar-refractivity contribution in [1.82, 2.24) is 0 Å². The second-order valence-electron chi connectivity index (χ2n) is 15.3. The fourth-order valence-corrected chi connectivity index (χ4v) is 9.02. The quantitative estimate of drug-likeness (QED) is 0.0721. The Hall–Kier alpha value is -3.41. The smallest absolute Gasteiger partial charge is 0.184 e. The fraction of sp³-hybridized carbons (Fsp3) is 0.553. The molecular formula is C38H50O6. The van der Waals surface area contributed by atoms with Crippen molar-refractivity contribution in [3.05, 3.63) is 64.8 Å². The molecule has 3 N–H and O–H groups in total. The first-order valence-corrected chi connectivity index (χ1v) is 15.8. The Bertz CT molecular complexity index is 1510. The van der Waals surface area contributed by atoms with Crippen LogP contribution in [0.15, 0.2) is 59.2 Å². The van der Waals surface area contributed by atoms with Crippen LogP contribution in [0.25, 0.3) is 5.76 Å². The number of aliphatic hydroxyl groups is 1. The van der Waals surface area contributed by atoms with Gasteiger partial charge in [-0.25, -0.2) is 0 Å². The van der Waals surface area contributed by atoms with E-state index < -0.39 is 50.5 Å². The lowest BCUT2D eigenvalue weighted by Crippen LogP contribution is -2.72. The molecule has 0 heterocycles. The summed E-state index contributed by atoms with van der Waals surface area (Å²) >= 11 is 0. The van der Waals surface area contributed by atoms with E-state index in [9.17, 15) is 15.3 Å². The van der Waals surface area contributed by atoms with Crippen molar-refractivity contribution < 1.29 is 29.7 Å². The van der Waals surface area contributed by atoms with Gasteiger partial charge in [-0.3, -0.25) is 14.4 Å². The number of fused-ring (bicyclic) bond motifs is 2. The van der Waals surface area contributed by atoms with E-state index in [1.807, 2.05) is 54.5 Å². The number of rotatable bonds is 7. The number of hydrogen-bond acceptors (Lipinski definition) is 6. The molecule has 0 aliphatic heterocycles. The number of carbonyl (C=O) groups excluding carboxylic acids is 3. The molecule has 0 spiro atoms. The van der Waals surface area contributed by atoms with Crippen LogP contribution in [0.2, 0.25) is 0 Å². The Balaban J connectivity index is 2.14. The summed E-state index contributed by atoms with van der Waals surface area (Å²) in [4.78, 5) is 45.6. The third kappa shape index (κ3) is 4.71. The minimum absolute atomic E-state index is 0.0290. The average Bonchev–Trinajstić information content (AvgIpc) is 3.24. The number of ketones is 3. The summed E-state index contributed by atoms with van der Waals surface area (Å²) in [5.41, 5.74) is -1.73. The molecule has 3 fully saturated rings. The number of phenolic OH excluding ortho intramolecular Hbond substituents is 2. The number of carbonyl (C=O) groups is 3. The molecule has 0 unspecified atom stereocenters. The van der Waals surface area contributed by atoms with Crippen LogP contribution >= 0.6 is 0 Å². The first kappa shape index (κ1) is 33.5. The Kier molecular flexibility index (Phi) is 8.51. The van der Waals surface area contributed by atoms with Gasteiger partial charge in [0.1, 0.15) is 16.7 Å². The van der Waals surface area contributed by atoms with E-state index in [0.29, 0.717) is 12.8 Å². The molecule has 44 heavy (non-hydrogen) atoms. The van der Waals surface area contributed by atoms with Gasteiger partial charge in [-0.05, 0) is 114 Å². The zero-order chi connectivity index (χ0) is 33.2. The van der Waals surface area contributed by atoms with E-state index in [0.717, 1.165) is 29.2 Å². The Morgan fingerprint density at radius 1 is 0.909 bits per heavy atom. The Labute approximate surface area is 262 Å². The van der Waals surface area contributed by atoms with Crippen LogP contribution in [0.5, 0.6) is 11.5 Å². The molecule has 6 nitrogen and oxygen atoms in total. The molecule has 3 aliphatic rings. The summed E-state index contributed by atoms with van der Waals surface area (Å²) in [7, 11) is 0. The number of allylic oxidation sites excluding steroid dienone is 6. The van der Waals surface area contributed by atoms with Crippen LogP contribution < -0.4 is 0 Å². The van der Waals surface area contributed by atoms with Gasteiger partial charge in [-0.1, -0.05) is 63.1 Å². The molecule has 238 valence electrons. The van der Waals surface area contributed by atoms with Crippen molar-refractivity contribution in [2.45, 2.75) is 94.4 Å². The van der Waals surface area contributed by atoms with Gasteiger partial charge in [-0.2, -0.15) is 0 Å². The van der Waals surface area contributed by atoms with Crippen LogP contribution in [0.3, 0.4) is 0 Å². The van der Waals surface area contributed by atoms with Crippen molar-refractivity contribution in [3.63, 3.8) is 0 Å². The summed E-state index contributed by atoms with van der Waals surface area (Å²) < 4.78 is 0. The molecule has 2 bridgehead atoms. The van der Waals surface area contributed by atoms with Crippen LogP contribution in [-0.4, -0.2) is 32.7 Å². The molecule has 1 aromatic carbocycles. The normalized spacial score (nSPS) is 31.8. The van der Waals surface area contributed by atoms with Gasteiger partial charge < -0.3 is 15.3 Å². The maximum Gasteiger partial charge on any atom is 0.184 e. The van der Waals surface area contributed by atoms with Crippen molar-refractivity contribution in [3.8, 4) is 11.5 Å². The first-order chi connectivity index (χ1) is 20.3. The average molecular weight is 603 g/mol. The lowest BCUT2D eigenvalue weighted by atomic mass is 9.36. The summed E-state index contributed by atoms with van der Waals surface area (Å²) in [6.07, 6.45) is 6.48. The van der Waals surface area contributed by atoms with Crippen molar-refractivity contribution >= 4 is 23.1 Å². The van der Waals surface area contributed by atoms with Gasteiger partial charge in [0.25, 0.3) is 0 Å². The van der Waals surface area contributed by atoms with Crippen molar-refractivity contribution in [2.24, 2.45) is 39.4 Å². The zero-order valence-corrected chi connectivity index (χ0v) is 27.9. The topological polar surface area (TPSA) is 112 Å². The highest BCUT2D eigenvalue weighted by molar-refractivity contribution is 6.41. The number of Topliss-reactive ketones (excluding diaryl/α,β-unsaturated/α-hetero) is 3. The van der Waals surface area contributed by atoms with Gasteiger partial charge in [0.15, 0.2) is 28.8 Å². The van der Waals surface area contributed by atoms with Crippen LogP contribution in [0.1, 0.15) is 100.0 Å². The molecule has 3 aliphatic carbocycles. The minimum Gasteiger partial charge on any atom is -0.506 e. The molecular weight excluding hydrogens is 552 g/mol. The molecule has 5 atom stereocenters. The van der Waals surface area contributed by atoms with E-state index in [1.165, 1.54) is 12.1 Å². The van der Waals surface area contributed by atoms with Crippen LogP contribution in [0.4, 0.5) is 0 Å². The first-order valence-electron chi connectivity index (χ1n) is 15.8. The maximum absolute atomic E-state index is 15.5. The maximum atomic E-state index is 15.5. The highest BCUT2D eigenvalue weighted by atomic mass is 16.3. The summed E-state index contributed by atoms with van der Waals surface area (Å²) in [5, 5.41) is 31.9. The highest BCUT2D eigenvalue weighted by Gasteiger charge is 2.77. The third-order valence-electron chi connectivity index (χ3n) is 11.6. The van der Waals surface area contributed by atoms with Crippen molar-refractivity contribution in [2.75, 3.05) is 0 Å². The molecule has 0 amide bonds. The van der Waals surface area contributed by atoms with Gasteiger partial charge in [0.2, 0.25) is 0 Å². The Morgan fingerprint density at radius 2 is 1.52 bits per heavy atom. The number of hydrogen-bond donors (Lipinski definition) is 3. The molecule has 6 heteroatoms. The number of benzene rings is 1. The molecule has 3 saturated carbocycles.